The molecule has 2 aromatic rings. The highest BCUT2D eigenvalue weighted by Gasteiger charge is 2.11. The summed E-state index contributed by atoms with van der Waals surface area (Å²) >= 11 is 0. The summed E-state index contributed by atoms with van der Waals surface area (Å²) in [5.74, 6) is 0.675. The molecule has 0 fully saturated rings. The fraction of sp³-hybridized carbons (Fsp3) is 0.462. The van der Waals surface area contributed by atoms with Crippen molar-refractivity contribution in [3.63, 3.8) is 0 Å². The largest absolute Gasteiger partial charge is 0.399 e. The van der Waals surface area contributed by atoms with Crippen molar-refractivity contribution >= 4 is 11.4 Å². The molecule has 0 amide bonds. The summed E-state index contributed by atoms with van der Waals surface area (Å²) < 4.78 is 6.80. The number of rotatable bonds is 7. The van der Waals surface area contributed by atoms with Crippen molar-refractivity contribution < 1.29 is 4.74 Å². The Morgan fingerprint density at radius 3 is 2.80 bits per heavy atom. The Morgan fingerprint density at radius 2 is 2.05 bits per heavy atom. The van der Waals surface area contributed by atoms with Gasteiger partial charge in [0.15, 0.2) is 5.82 Å². The van der Waals surface area contributed by atoms with Crippen molar-refractivity contribution in [1.82, 2.24) is 20.2 Å². The van der Waals surface area contributed by atoms with Gasteiger partial charge in [0.05, 0.1) is 0 Å². The molecule has 0 bridgehead atoms. The number of nitrogen functional groups attached to an aromatic ring is 2. The number of aromatic nitrogens is 4. The number of methoxy groups -OCH3 is 1. The average molecular weight is 276 g/mol. The average Bonchev–Trinajstić information content (AvgIpc) is 2.87. The summed E-state index contributed by atoms with van der Waals surface area (Å²) in [7, 11) is 1.71. The van der Waals surface area contributed by atoms with Gasteiger partial charge >= 0.3 is 0 Å². The van der Waals surface area contributed by atoms with Crippen LogP contribution in [0, 0.1) is 0 Å². The first-order valence-corrected chi connectivity index (χ1v) is 6.63. The molecule has 0 atom stereocenters. The van der Waals surface area contributed by atoms with E-state index < -0.39 is 0 Å². The monoisotopic (exact) mass is 276 g/mol. The van der Waals surface area contributed by atoms with Crippen LogP contribution < -0.4 is 11.5 Å². The Kier molecular flexibility index (Phi) is 4.89. The molecular formula is C13H20N6O. The number of aryl methyl sites for hydroxylation is 1. The molecule has 0 aliphatic carbocycles. The molecule has 2 rings (SSSR count). The van der Waals surface area contributed by atoms with Gasteiger partial charge < -0.3 is 16.2 Å². The molecule has 0 unspecified atom stereocenters. The normalized spacial score (nSPS) is 10.8. The Balaban J connectivity index is 2.04. The first-order chi connectivity index (χ1) is 9.72. The lowest BCUT2D eigenvalue weighted by Crippen LogP contribution is -2.05. The molecule has 7 heteroatoms. The predicted octanol–water partition coefficient (Wildman–Crippen LogP) is 1.32. The second-order valence-corrected chi connectivity index (χ2v) is 4.63. The molecule has 108 valence electrons. The van der Waals surface area contributed by atoms with E-state index in [-0.39, 0.29) is 0 Å². The van der Waals surface area contributed by atoms with Crippen molar-refractivity contribution in [2.45, 2.75) is 25.8 Å². The van der Waals surface area contributed by atoms with Gasteiger partial charge in [0.1, 0.15) is 0 Å². The Morgan fingerprint density at radius 1 is 1.20 bits per heavy atom. The van der Waals surface area contributed by atoms with Gasteiger partial charge in [-0.3, -0.25) is 0 Å². The first-order valence-electron chi connectivity index (χ1n) is 6.63. The highest BCUT2D eigenvalue weighted by molar-refractivity contribution is 5.74. The van der Waals surface area contributed by atoms with Crippen molar-refractivity contribution in [3.8, 4) is 11.4 Å². The van der Waals surface area contributed by atoms with Crippen LogP contribution in [0.4, 0.5) is 11.4 Å². The molecule has 0 radical (unpaired) electrons. The molecule has 1 aromatic heterocycles. The number of unbranched alkanes of at least 4 members (excludes halogenated alkanes) is 2. The van der Waals surface area contributed by atoms with Crippen molar-refractivity contribution in [1.29, 1.82) is 0 Å². The molecule has 0 aliphatic rings. The highest BCUT2D eigenvalue weighted by atomic mass is 16.5. The Labute approximate surface area is 117 Å². The third-order valence-electron chi connectivity index (χ3n) is 3.07. The van der Waals surface area contributed by atoms with Gasteiger partial charge in [0.2, 0.25) is 0 Å². The maximum absolute atomic E-state index is 5.97. The molecule has 1 aromatic carbocycles. The quantitative estimate of drug-likeness (QED) is 0.583. The van der Waals surface area contributed by atoms with Gasteiger partial charge in [-0.1, -0.05) is 0 Å². The number of tetrazole rings is 1. The van der Waals surface area contributed by atoms with Crippen molar-refractivity contribution in [3.05, 3.63) is 18.2 Å². The molecule has 0 spiro atoms. The molecule has 7 nitrogen and oxygen atoms in total. The van der Waals surface area contributed by atoms with Crippen LogP contribution >= 0.6 is 0 Å². The lowest BCUT2D eigenvalue weighted by atomic mass is 10.1. The van der Waals surface area contributed by atoms with E-state index in [2.05, 4.69) is 15.5 Å². The van der Waals surface area contributed by atoms with Crippen LogP contribution in [0.25, 0.3) is 11.4 Å². The van der Waals surface area contributed by atoms with Gasteiger partial charge in [-0.15, -0.1) is 5.10 Å². The summed E-state index contributed by atoms with van der Waals surface area (Å²) in [6.07, 6.45) is 3.11. The number of hydrogen-bond acceptors (Lipinski definition) is 6. The second kappa shape index (κ2) is 6.85. The minimum atomic E-state index is 0.584. The molecule has 0 aliphatic heterocycles. The van der Waals surface area contributed by atoms with E-state index in [1.807, 2.05) is 6.07 Å². The minimum absolute atomic E-state index is 0.584. The van der Waals surface area contributed by atoms with E-state index in [4.69, 9.17) is 16.2 Å². The number of hydrogen-bond donors (Lipinski definition) is 2. The maximum Gasteiger partial charge on any atom is 0.184 e. The molecule has 1 heterocycles. The van der Waals surface area contributed by atoms with E-state index in [0.29, 0.717) is 17.2 Å². The van der Waals surface area contributed by atoms with Gasteiger partial charge in [-0.2, -0.15) is 0 Å². The predicted molar refractivity (Wildman–Crippen MR) is 77.8 cm³/mol. The zero-order valence-electron chi connectivity index (χ0n) is 11.6. The van der Waals surface area contributed by atoms with E-state index in [1.165, 1.54) is 0 Å². The summed E-state index contributed by atoms with van der Waals surface area (Å²) in [4.78, 5) is 0. The number of benzene rings is 1. The summed E-state index contributed by atoms with van der Waals surface area (Å²) in [6.45, 7) is 1.54. The number of ether oxygens (including phenoxy) is 1. The third kappa shape index (κ3) is 3.45. The van der Waals surface area contributed by atoms with Crippen LogP contribution in [0.3, 0.4) is 0 Å². The summed E-state index contributed by atoms with van der Waals surface area (Å²) in [5, 5.41) is 11.8. The first kappa shape index (κ1) is 14.3. The number of nitrogens with zero attached hydrogens (tertiary/aromatic N) is 4. The molecule has 0 saturated heterocycles. The van der Waals surface area contributed by atoms with E-state index in [9.17, 15) is 0 Å². The maximum atomic E-state index is 5.97. The minimum Gasteiger partial charge on any atom is -0.399 e. The fourth-order valence-electron chi connectivity index (χ4n) is 2.02. The van der Waals surface area contributed by atoms with Crippen LogP contribution in [0.15, 0.2) is 18.2 Å². The smallest absolute Gasteiger partial charge is 0.184 e. The van der Waals surface area contributed by atoms with Crippen LogP contribution in [-0.2, 0) is 11.3 Å². The highest BCUT2D eigenvalue weighted by Crippen LogP contribution is 2.25. The van der Waals surface area contributed by atoms with Gasteiger partial charge in [0, 0.05) is 37.2 Å². The standard InChI is InChI=1S/C13H20N6O/c1-20-8-4-2-3-7-19-13(16-17-18-19)11-6-5-10(14)9-12(11)15/h5-6,9H,2-4,7-8,14-15H2,1H3. The second-order valence-electron chi connectivity index (χ2n) is 4.63. The molecular weight excluding hydrogens is 256 g/mol. The van der Waals surface area contributed by atoms with E-state index >= 15 is 0 Å². The zero-order chi connectivity index (χ0) is 14.4. The fourth-order valence-corrected chi connectivity index (χ4v) is 2.02. The van der Waals surface area contributed by atoms with Gasteiger partial charge in [-0.25, -0.2) is 4.68 Å². The zero-order valence-corrected chi connectivity index (χ0v) is 11.6. The molecule has 4 N–H and O–H groups in total. The van der Waals surface area contributed by atoms with Crippen LogP contribution in [0.5, 0.6) is 0 Å². The Bertz CT molecular complexity index is 554. The Hall–Kier alpha value is -2.15. The molecule has 0 saturated carbocycles. The van der Waals surface area contributed by atoms with Crippen molar-refractivity contribution in [2.75, 3.05) is 25.2 Å². The SMILES string of the molecule is COCCCCCn1nnnc1-c1ccc(N)cc1N. The van der Waals surface area contributed by atoms with E-state index in [0.717, 1.165) is 38.0 Å². The third-order valence-corrected chi connectivity index (χ3v) is 3.07. The van der Waals surface area contributed by atoms with Gasteiger partial charge in [0.25, 0.3) is 0 Å². The van der Waals surface area contributed by atoms with Crippen LogP contribution in [-0.4, -0.2) is 33.9 Å². The topological polar surface area (TPSA) is 105 Å². The summed E-state index contributed by atoms with van der Waals surface area (Å²) in [5.41, 5.74) is 13.7. The summed E-state index contributed by atoms with van der Waals surface area (Å²) in [6, 6.07) is 5.36. The number of nitrogens with two attached hydrogens (primary N) is 2. The lowest BCUT2D eigenvalue weighted by molar-refractivity contribution is 0.191. The molecule has 20 heavy (non-hydrogen) atoms. The van der Waals surface area contributed by atoms with Gasteiger partial charge in [-0.05, 0) is 47.9 Å². The van der Waals surface area contributed by atoms with Crippen LogP contribution in [0.1, 0.15) is 19.3 Å². The van der Waals surface area contributed by atoms with Crippen molar-refractivity contribution in [2.24, 2.45) is 0 Å². The van der Waals surface area contributed by atoms with Crippen LogP contribution in [0.2, 0.25) is 0 Å². The van der Waals surface area contributed by atoms with E-state index in [1.54, 1.807) is 23.9 Å². The number of anilines is 2. The lowest BCUT2D eigenvalue weighted by Gasteiger charge is -2.07.